The molecule has 1 unspecified atom stereocenters. The van der Waals surface area contributed by atoms with Gasteiger partial charge in [0.2, 0.25) is 0 Å². The number of nitrogens with zero attached hydrogens (tertiary/aromatic N) is 3. The summed E-state index contributed by atoms with van der Waals surface area (Å²) in [7, 11) is 0. The van der Waals surface area contributed by atoms with Crippen molar-refractivity contribution in [1.82, 2.24) is 25.6 Å². The van der Waals surface area contributed by atoms with Gasteiger partial charge < -0.3 is 10.2 Å². The Balaban J connectivity index is 1.66. The first-order valence-electron chi connectivity index (χ1n) is 5.65. The topological polar surface area (TPSA) is 56.8 Å². The van der Waals surface area contributed by atoms with Crippen LogP contribution in [-0.4, -0.2) is 46.0 Å². The third kappa shape index (κ3) is 3.28. The number of likely N-dealkylation sites (tertiary alicyclic amines) is 1. The first-order valence-corrected chi connectivity index (χ1v) is 5.65. The highest BCUT2D eigenvalue weighted by Gasteiger charge is 2.14. The Kier molecular flexibility index (Phi) is 3.69. The molecule has 0 saturated carbocycles. The highest BCUT2D eigenvalue weighted by molar-refractivity contribution is 4.90. The number of aromatic nitrogens is 3. The molecule has 84 valence electrons. The maximum Gasteiger partial charge on any atom is 0.0962 e. The summed E-state index contributed by atoms with van der Waals surface area (Å²) in [6.45, 7) is 6.67. The second-order valence-electron chi connectivity index (χ2n) is 4.25. The minimum Gasteiger partial charge on any atom is -0.307 e. The molecule has 1 aliphatic rings. The van der Waals surface area contributed by atoms with Crippen LogP contribution in [0.25, 0.3) is 0 Å². The van der Waals surface area contributed by atoms with Crippen LogP contribution in [0.3, 0.4) is 0 Å². The van der Waals surface area contributed by atoms with E-state index in [9.17, 15) is 0 Å². The summed E-state index contributed by atoms with van der Waals surface area (Å²) in [5.74, 6) is 0. The van der Waals surface area contributed by atoms with Crippen LogP contribution < -0.4 is 5.32 Å². The molecule has 1 fully saturated rings. The number of rotatable bonds is 5. The number of hydrogen-bond acceptors (Lipinski definition) is 4. The molecule has 5 heteroatoms. The molecule has 0 radical (unpaired) electrons. The molecule has 0 bridgehead atoms. The average molecular weight is 209 g/mol. The van der Waals surface area contributed by atoms with Crippen molar-refractivity contribution in [2.24, 2.45) is 0 Å². The van der Waals surface area contributed by atoms with Gasteiger partial charge in [-0.1, -0.05) is 0 Å². The van der Waals surface area contributed by atoms with E-state index >= 15 is 0 Å². The zero-order chi connectivity index (χ0) is 10.5. The van der Waals surface area contributed by atoms with Crippen LogP contribution in [0, 0.1) is 0 Å². The van der Waals surface area contributed by atoms with Gasteiger partial charge in [-0.15, -0.1) is 0 Å². The Morgan fingerprint density at radius 3 is 3.00 bits per heavy atom. The largest absolute Gasteiger partial charge is 0.307 e. The molecule has 15 heavy (non-hydrogen) atoms. The van der Waals surface area contributed by atoms with Crippen molar-refractivity contribution >= 4 is 0 Å². The van der Waals surface area contributed by atoms with Crippen LogP contribution in [0.1, 0.15) is 25.5 Å². The SMILES string of the molecule is CC(CN1CCCC1)NCc1cn[nH]n1. The molecule has 0 aliphatic carbocycles. The molecule has 1 aromatic heterocycles. The Morgan fingerprint density at radius 2 is 2.33 bits per heavy atom. The van der Waals surface area contributed by atoms with E-state index in [1.807, 2.05) is 0 Å². The Hall–Kier alpha value is -0.940. The molecule has 1 aromatic rings. The van der Waals surface area contributed by atoms with Gasteiger partial charge in [-0.25, -0.2) is 0 Å². The molecule has 2 heterocycles. The van der Waals surface area contributed by atoms with Gasteiger partial charge in [0.1, 0.15) is 0 Å². The third-order valence-electron chi connectivity index (χ3n) is 2.83. The zero-order valence-electron chi connectivity index (χ0n) is 9.24. The molecule has 2 N–H and O–H groups in total. The second-order valence-corrected chi connectivity index (χ2v) is 4.25. The summed E-state index contributed by atoms with van der Waals surface area (Å²) in [5.41, 5.74) is 0.975. The van der Waals surface area contributed by atoms with Gasteiger partial charge in [-0.05, 0) is 32.9 Å². The molecule has 1 atom stereocenters. The summed E-state index contributed by atoms with van der Waals surface area (Å²) in [6.07, 6.45) is 4.47. The zero-order valence-corrected chi connectivity index (χ0v) is 9.24. The summed E-state index contributed by atoms with van der Waals surface area (Å²) >= 11 is 0. The highest BCUT2D eigenvalue weighted by Crippen LogP contribution is 2.07. The van der Waals surface area contributed by atoms with Gasteiger partial charge in [-0.2, -0.15) is 15.4 Å². The van der Waals surface area contributed by atoms with Crippen molar-refractivity contribution in [3.63, 3.8) is 0 Å². The van der Waals surface area contributed by atoms with Crippen LogP contribution in [0.4, 0.5) is 0 Å². The van der Waals surface area contributed by atoms with Gasteiger partial charge in [0.05, 0.1) is 11.9 Å². The fraction of sp³-hybridized carbons (Fsp3) is 0.800. The normalized spacial score (nSPS) is 19.5. The fourth-order valence-corrected chi connectivity index (χ4v) is 2.01. The summed E-state index contributed by atoms with van der Waals surface area (Å²) in [5, 5.41) is 13.8. The Labute approximate surface area is 90.2 Å². The van der Waals surface area contributed by atoms with E-state index in [4.69, 9.17) is 0 Å². The summed E-state index contributed by atoms with van der Waals surface area (Å²) < 4.78 is 0. The van der Waals surface area contributed by atoms with E-state index in [0.29, 0.717) is 6.04 Å². The van der Waals surface area contributed by atoms with Gasteiger partial charge in [-0.3, -0.25) is 0 Å². The number of nitrogens with one attached hydrogen (secondary N) is 2. The van der Waals surface area contributed by atoms with Crippen LogP contribution >= 0.6 is 0 Å². The van der Waals surface area contributed by atoms with Gasteiger partial charge >= 0.3 is 0 Å². The van der Waals surface area contributed by atoms with E-state index in [1.54, 1.807) is 6.20 Å². The van der Waals surface area contributed by atoms with E-state index < -0.39 is 0 Å². The lowest BCUT2D eigenvalue weighted by Gasteiger charge is -2.20. The van der Waals surface area contributed by atoms with E-state index in [-0.39, 0.29) is 0 Å². The fourth-order valence-electron chi connectivity index (χ4n) is 2.01. The van der Waals surface area contributed by atoms with Gasteiger partial charge in [0.15, 0.2) is 0 Å². The molecule has 5 nitrogen and oxygen atoms in total. The monoisotopic (exact) mass is 209 g/mol. The molecule has 0 amide bonds. The summed E-state index contributed by atoms with van der Waals surface area (Å²) in [6, 6.07) is 0.514. The van der Waals surface area contributed by atoms with Crippen molar-refractivity contribution in [3.8, 4) is 0 Å². The molecule has 0 aromatic carbocycles. The standard InChI is InChI=1S/C10H19N5/c1-9(8-15-4-2-3-5-15)11-6-10-7-12-14-13-10/h7,9,11H,2-6,8H2,1H3,(H,12,13,14). The molecule has 1 aliphatic heterocycles. The minimum absolute atomic E-state index is 0.514. The quantitative estimate of drug-likeness (QED) is 0.736. The second kappa shape index (κ2) is 5.23. The van der Waals surface area contributed by atoms with Gasteiger partial charge in [0.25, 0.3) is 0 Å². The van der Waals surface area contributed by atoms with Crippen molar-refractivity contribution < 1.29 is 0 Å². The molecular weight excluding hydrogens is 190 g/mol. The first kappa shape index (κ1) is 10.6. The lowest BCUT2D eigenvalue weighted by molar-refractivity contribution is 0.298. The van der Waals surface area contributed by atoms with E-state index in [2.05, 4.69) is 32.6 Å². The number of H-pyrrole nitrogens is 1. The van der Waals surface area contributed by atoms with Crippen LogP contribution in [-0.2, 0) is 6.54 Å². The molecule has 2 rings (SSSR count). The lowest BCUT2D eigenvalue weighted by atomic mass is 10.3. The average Bonchev–Trinajstić information content (AvgIpc) is 2.86. The maximum atomic E-state index is 4.01. The predicted octanol–water partition coefficient (Wildman–Crippen LogP) is 0.379. The number of hydrogen-bond donors (Lipinski definition) is 2. The van der Waals surface area contributed by atoms with E-state index in [0.717, 1.165) is 18.8 Å². The predicted molar refractivity (Wildman–Crippen MR) is 58.4 cm³/mol. The number of aromatic amines is 1. The van der Waals surface area contributed by atoms with Crippen molar-refractivity contribution in [2.75, 3.05) is 19.6 Å². The van der Waals surface area contributed by atoms with E-state index in [1.165, 1.54) is 25.9 Å². The lowest BCUT2D eigenvalue weighted by Crippen LogP contribution is -2.37. The Morgan fingerprint density at radius 1 is 1.53 bits per heavy atom. The van der Waals surface area contributed by atoms with Gasteiger partial charge in [0, 0.05) is 19.1 Å². The highest BCUT2D eigenvalue weighted by atomic mass is 15.3. The molecule has 1 saturated heterocycles. The molecule has 0 spiro atoms. The summed E-state index contributed by atoms with van der Waals surface area (Å²) in [4.78, 5) is 2.51. The maximum absolute atomic E-state index is 4.01. The minimum atomic E-state index is 0.514. The van der Waals surface area contributed by atoms with Crippen LogP contribution in [0.15, 0.2) is 6.20 Å². The van der Waals surface area contributed by atoms with Crippen molar-refractivity contribution in [2.45, 2.75) is 32.4 Å². The van der Waals surface area contributed by atoms with Crippen LogP contribution in [0.5, 0.6) is 0 Å². The smallest absolute Gasteiger partial charge is 0.0962 e. The third-order valence-corrected chi connectivity index (χ3v) is 2.83. The van der Waals surface area contributed by atoms with Crippen molar-refractivity contribution in [3.05, 3.63) is 11.9 Å². The molecular formula is C10H19N5. The van der Waals surface area contributed by atoms with Crippen LogP contribution in [0.2, 0.25) is 0 Å². The van der Waals surface area contributed by atoms with Crippen molar-refractivity contribution in [1.29, 1.82) is 0 Å². The Bertz CT molecular complexity index is 265. The first-order chi connectivity index (χ1) is 7.34.